The van der Waals surface area contributed by atoms with Crippen molar-refractivity contribution in [2.75, 3.05) is 52.3 Å². The van der Waals surface area contributed by atoms with E-state index in [1.165, 1.54) is 44.0 Å². The highest BCUT2D eigenvalue weighted by Crippen LogP contribution is 2.50. The average molecular weight is 657 g/mol. The van der Waals surface area contributed by atoms with Gasteiger partial charge in [0, 0.05) is 42.3 Å². The number of aliphatic carboxylic acids is 1. The normalized spacial score (nSPS) is 23.5. The highest BCUT2D eigenvalue weighted by molar-refractivity contribution is 5.89. The zero-order chi connectivity index (χ0) is 33.5. The number of methoxy groups -OCH3 is 2. The monoisotopic (exact) mass is 656 g/mol. The van der Waals surface area contributed by atoms with Crippen molar-refractivity contribution in [3.8, 4) is 11.5 Å². The minimum Gasteiger partial charge on any atom is -0.493 e. The maximum Gasteiger partial charge on any atom is 0.490 e. The molecule has 3 aliphatic rings. The largest absolute Gasteiger partial charge is 0.493 e. The number of fused-ring (bicyclic) bond motifs is 1. The fraction of sp³-hybridized carbons (Fsp3) is 0.562. The van der Waals surface area contributed by atoms with E-state index in [-0.39, 0.29) is 23.2 Å². The van der Waals surface area contributed by atoms with Gasteiger partial charge in [-0.1, -0.05) is 12.5 Å². The maximum absolute atomic E-state index is 13.6. The number of anilines is 1. The van der Waals surface area contributed by atoms with E-state index in [2.05, 4.69) is 32.6 Å². The molecule has 1 saturated carbocycles. The summed E-state index contributed by atoms with van der Waals surface area (Å²) in [6.07, 6.45) is 2.43. The zero-order valence-corrected chi connectivity index (χ0v) is 26.0. The predicted octanol–water partition coefficient (Wildman–Crippen LogP) is 5.79. The second kappa shape index (κ2) is 15.3. The molecule has 2 aromatic rings. The van der Waals surface area contributed by atoms with Crippen molar-refractivity contribution in [1.82, 2.24) is 15.1 Å². The molecule has 3 atom stereocenters. The minimum atomic E-state index is -5.08. The number of carbonyl (C=O) groups excluding carboxylic acids is 1. The van der Waals surface area contributed by atoms with E-state index in [1.807, 2.05) is 6.07 Å². The smallest absolute Gasteiger partial charge is 0.490 e. The molecular weight excluding hydrogens is 615 g/mol. The van der Waals surface area contributed by atoms with Gasteiger partial charge in [-0.25, -0.2) is 18.4 Å². The third-order valence-corrected chi connectivity index (χ3v) is 9.24. The standard InChI is InChI=1S/C30H40F2N4O3.C2HF3O2/c1-38-26-9-6-21(18-27(26)39-2)30-11-10-23(34-29(37)33-22-7-8-24(31)25(32)19-22)20-28(30)36(15-12-30)17-16-35-13-4-3-5-14-35;3-2(4,5)1(6)7/h6-9,18-19,23,28H,3-5,10-17,20H2,1-2H3,(H2,33,34,37);(H,6,7). The molecule has 2 amide bonds. The van der Waals surface area contributed by atoms with Gasteiger partial charge >= 0.3 is 18.2 Å². The Balaban J connectivity index is 0.000000617. The van der Waals surface area contributed by atoms with Crippen molar-refractivity contribution in [2.24, 2.45) is 0 Å². The molecule has 2 saturated heterocycles. The Labute approximate surface area is 265 Å². The van der Waals surface area contributed by atoms with E-state index >= 15 is 0 Å². The van der Waals surface area contributed by atoms with Gasteiger partial charge in [-0.3, -0.25) is 4.90 Å². The van der Waals surface area contributed by atoms with Gasteiger partial charge in [-0.15, -0.1) is 0 Å². The van der Waals surface area contributed by atoms with Crippen LogP contribution < -0.4 is 20.1 Å². The van der Waals surface area contributed by atoms with Crippen LogP contribution in [0, 0.1) is 11.6 Å². The molecule has 254 valence electrons. The number of ether oxygens (including phenoxy) is 2. The fourth-order valence-electron chi connectivity index (χ4n) is 6.91. The number of amides is 2. The van der Waals surface area contributed by atoms with E-state index in [0.29, 0.717) is 0 Å². The third kappa shape index (κ3) is 8.58. The Morgan fingerprint density at radius 1 is 0.935 bits per heavy atom. The third-order valence-electron chi connectivity index (χ3n) is 9.24. The van der Waals surface area contributed by atoms with E-state index in [1.54, 1.807) is 14.2 Å². The molecule has 2 aliphatic heterocycles. The molecule has 3 unspecified atom stereocenters. The molecule has 0 spiro atoms. The topological polar surface area (TPSA) is 103 Å². The first kappa shape index (κ1) is 35.2. The molecule has 5 rings (SSSR count). The number of piperidine rings is 1. The van der Waals surface area contributed by atoms with Crippen molar-refractivity contribution >= 4 is 17.7 Å². The lowest BCUT2D eigenvalue weighted by atomic mass is 9.65. The van der Waals surface area contributed by atoms with Crippen molar-refractivity contribution in [3.63, 3.8) is 0 Å². The molecule has 3 fully saturated rings. The second-order valence-electron chi connectivity index (χ2n) is 11.9. The second-order valence-corrected chi connectivity index (χ2v) is 11.9. The summed E-state index contributed by atoms with van der Waals surface area (Å²) in [7, 11) is 3.32. The van der Waals surface area contributed by atoms with Crippen molar-refractivity contribution in [1.29, 1.82) is 0 Å². The number of halogens is 5. The summed E-state index contributed by atoms with van der Waals surface area (Å²) in [5.74, 6) is -3.22. The molecule has 2 heterocycles. The number of hydrogen-bond donors (Lipinski definition) is 3. The lowest BCUT2D eigenvalue weighted by molar-refractivity contribution is -0.192. The summed E-state index contributed by atoms with van der Waals surface area (Å²) < 4.78 is 69.8. The first-order valence-electron chi connectivity index (χ1n) is 15.4. The quantitative estimate of drug-likeness (QED) is 0.310. The van der Waals surface area contributed by atoms with Gasteiger partial charge in [0.25, 0.3) is 0 Å². The number of rotatable bonds is 8. The van der Waals surface area contributed by atoms with E-state index < -0.39 is 29.8 Å². The number of nitrogens with zero attached hydrogens (tertiary/aromatic N) is 2. The van der Waals surface area contributed by atoms with Gasteiger partial charge in [0.05, 0.1) is 14.2 Å². The molecule has 0 bridgehead atoms. The lowest BCUT2D eigenvalue weighted by Gasteiger charge is -2.46. The van der Waals surface area contributed by atoms with Gasteiger partial charge < -0.3 is 30.1 Å². The summed E-state index contributed by atoms with van der Waals surface area (Å²) in [6, 6.07) is 9.51. The Kier molecular flexibility index (Phi) is 11.7. The van der Waals surface area contributed by atoms with Crippen LogP contribution in [0.15, 0.2) is 36.4 Å². The van der Waals surface area contributed by atoms with Gasteiger partial charge in [-0.05, 0) is 88.0 Å². The fourth-order valence-corrected chi connectivity index (χ4v) is 6.91. The van der Waals surface area contributed by atoms with Crippen LogP contribution in [0.1, 0.15) is 50.5 Å². The number of alkyl halides is 3. The first-order valence-corrected chi connectivity index (χ1v) is 15.4. The summed E-state index contributed by atoms with van der Waals surface area (Å²) >= 11 is 0. The number of hydrogen-bond acceptors (Lipinski definition) is 6. The molecule has 2 aromatic carbocycles. The highest BCUT2D eigenvalue weighted by atomic mass is 19.4. The summed E-state index contributed by atoms with van der Waals surface area (Å²) in [5, 5.41) is 12.9. The van der Waals surface area contributed by atoms with Crippen LogP contribution in [0.2, 0.25) is 0 Å². The molecule has 3 N–H and O–H groups in total. The van der Waals surface area contributed by atoms with Crippen molar-refractivity contribution in [3.05, 3.63) is 53.6 Å². The number of likely N-dealkylation sites (tertiary alicyclic amines) is 2. The Hall–Kier alpha value is -3.65. The molecule has 14 heteroatoms. The van der Waals surface area contributed by atoms with Gasteiger partial charge in [0.15, 0.2) is 23.1 Å². The van der Waals surface area contributed by atoms with Crippen LogP contribution in [0.3, 0.4) is 0 Å². The van der Waals surface area contributed by atoms with Crippen molar-refractivity contribution in [2.45, 2.75) is 68.6 Å². The van der Waals surface area contributed by atoms with Gasteiger partial charge in [0.2, 0.25) is 0 Å². The highest BCUT2D eigenvalue weighted by Gasteiger charge is 2.51. The molecule has 1 aliphatic carbocycles. The lowest BCUT2D eigenvalue weighted by Crippen LogP contribution is -2.53. The molecule has 0 aromatic heterocycles. The summed E-state index contributed by atoms with van der Waals surface area (Å²) in [4.78, 5) is 26.9. The number of carboxylic acids is 1. The van der Waals surface area contributed by atoms with Crippen LogP contribution >= 0.6 is 0 Å². The molecule has 46 heavy (non-hydrogen) atoms. The molecule has 0 radical (unpaired) electrons. The van der Waals surface area contributed by atoms with Crippen LogP contribution in [0.5, 0.6) is 11.5 Å². The van der Waals surface area contributed by atoms with E-state index in [4.69, 9.17) is 19.4 Å². The van der Waals surface area contributed by atoms with Crippen LogP contribution in [-0.2, 0) is 10.2 Å². The number of carboxylic acid groups (broad SMARTS) is 1. The van der Waals surface area contributed by atoms with Crippen LogP contribution in [0.4, 0.5) is 32.4 Å². The minimum absolute atomic E-state index is 0.0239. The van der Waals surface area contributed by atoms with Gasteiger partial charge in [-0.2, -0.15) is 13.2 Å². The first-order chi connectivity index (χ1) is 21.9. The van der Waals surface area contributed by atoms with Crippen molar-refractivity contribution < 1.29 is 46.1 Å². The maximum atomic E-state index is 13.6. The Bertz CT molecular complexity index is 1360. The predicted molar refractivity (Wildman–Crippen MR) is 161 cm³/mol. The molecule has 9 nitrogen and oxygen atoms in total. The number of urea groups is 1. The van der Waals surface area contributed by atoms with E-state index in [9.17, 15) is 26.7 Å². The van der Waals surface area contributed by atoms with Crippen LogP contribution in [0.25, 0.3) is 0 Å². The van der Waals surface area contributed by atoms with Crippen LogP contribution in [-0.4, -0.2) is 92.1 Å². The number of carbonyl (C=O) groups is 2. The Morgan fingerprint density at radius 3 is 2.26 bits per heavy atom. The number of benzene rings is 2. The number of nitrogens with one attached hydrogen (secondary N) is 2. The Morgan fingerprint density at radius 2 is 1.63 bits per heavy atom. The summed E-state index contributed by atoms with van der Waals surface area (Å²) in [5.41, 5.74) is 1.46. The van der Waals surface area contributed by atoms with Gasteiger partial charge in [0.1, 0.15) is 0 Å². The van der Waals surface area contributed by atoms with E-state index in [0.717, 1.165) is 68.9 Å². The molecular formula is C32H41F5N4O5. The SMILES string of the molecule is COc1ccc(C23CCC(NC(=O)Nc4ccc(F)c(F)c4)CC2N(CCN2CCCCC2)CC3)cc1OC.O=C(O)C(F)(F)F. The average Bonchev–Trinajstić information content (AvgIpc) is 3.40. The summed E-state index contributed by atoms with van der Waals surface area (Å²) in [6.45, 7) is 5.43. The zero-order valence-electron chi connectivity index (χ0n) is 26.0.